The van der Waals surface area contributed by atoms with E-state index in [1.54, 1.807) is 0 Å². The Hall–Kier alpha value is -1.61. The van der Waals surface area contributed by atoms with Gasteiger partial charge in [0.15, 0.2) is 5.78 Å². The van der Waals surface area contributed by atoms with Crippen molar-refractivity contribution in [2.24, 2.45) is 0 Å². The Labute approximate surface area is 128 Å². The number of Topliss-reactive ketones (excluding diaryl/α,β-unsaturated/α-hetero) is 1. The zero-order valence-electron chi connectivity index (χ0n) is 11.7. The smallest absolute Gasteiger partial charge is 0.181 e. The molecule has 0 bridgehead atoms. The molecule has 104 valence electrons. The third kappa shape index (κ3) is 3.94. The molecule has 0 amide bonds. The summed E-state index contributed by atoms with van der Waals surface area (Å²) in [6, 6.07) is 15.7. The van der Waals surface area contributed by atoms with Gasteiger partial charge in [-0.25, -0.2) is 0 Å². The van der Waals surface area contributed by atoms with Gasteiger partial charge < -0.3 is 5.32 Å². The van der Waals surface area contributed by atoms with Crippen LogP contribution in [0, 0.1) is 0 Å². The topological polar surface area (TPSA) is 29.1 Å². The van der Waals surface area contributed by atoms with Gasteiger partial charge in [0.1, 0.15) is 0 Å². The number of carbonyl (C=O) groups is 1. The SMILES string of the molecule is CC(C)c1cccc(C(=O)CNc2ccc(Br)cc2)c1. The van der Waals surface area contributed by atoms with Gasteiger partial charge >= 0.3 is 0 Å². The summed E-state index contributed by atoms with van der Waals surface area (Å²) < 4.78 is 1.03. The number of hydrogen-bond donors (Lipinski definition) is 1. The molecule has 0 heterocycles. The Morgan fingerprint density at radius 1 is 1.15 bits per heavy atom. The number of benzene rings is 2. The second-order valence-electron chi connectivity index (χ2n) is 5.06. The fraction of sp³-hybridized carbons (Fsp3) is 0.235. The van der Waals surface area contributed by atoms with Crippen LogP contribution in [0.1, 0.15) is 35.7 Å². The van der Waals surface area contributed by atoms with Crippen molar-refractivity contribution in [3.63, 3.8) is 0 Å². The highest BCUT2D eigenvalue weighted by molar-refractivity contribution is 9.10. The molecule has 0 unspecified atom stereocenters. The van der Waals surface area contributed by atoms with Crippen LogP contribution in [0.4, 0.5) is 5.69 Å². The summed E-state index contributed by atoms with van der Waals surface area (Å²) >= 11 is 3.39. The van der Waals surface area contributed by atoms with E-state index in [0.29, 0.717) is 12.5 Å². The van der Waals surface area contributed by atoms with Crippen molar-refractivity contribution in [1.82, 2.24) is 0 Å². The molecule has 2 aromatic carbocycles. The van der Waals surface area contributed by atoms with Crippen molar-refractivity contribution >= 4 is 27.4 Å². The Kier molecular flexibility index (Phi) is 4.96. The van der Waals surface area contributed by atoms with E-state index in [2.05, 4.69) is 41.2 Å². The quantitative estimate of drug-likeness (QED) is 0.792. The zero-order valence-corrected chi connectivity index (χ0v) is 13.3. The van der Waals surface area contributed by atoms with E-state index in [1.165, 1.54) is 5.56 Å². The summed E-state index contributed by atoms with van der Waals surface area (Å²) in [4.78, 5) is 12.2. The molecule has 0 atom stereocenters. The number of hydrogen-bond acceptors (Lipinski definition) is 2. The van der Waals surface area contributed by atoms with Crippen LogP contribution in [-0.4, -0.2) is 12.3 Å². The minimum Gasteiger partial charge on any atom is -0.378 e. The van der Waals surface area contributed by atoms with E-state index < -0.39 is 0 Å². The molecule has 0 fully saturated rings. The number of anilines is 1. The average molecular weight is 332 g/mol. The molecule has 3 heteroatoms. The molecular formula is C17H18BrNO. The van der Waals surface area contributed by atoms with Gasteiger partial charge in [0.25, 0.3) is 0 Å². The molecule has 1 N–H and O–H groups in total. The van der Waals surface area contributed by atoms with E-state index >= 15 is 0 Å². The lowest BCUT2D eigenvalue weighted by Gasteiger charge is -2.09. The summed E-state index contributed by atoms with van der Waals surface area (Å²) in [5.41, 5.74) is 2.90. The fourth-order valence-electron chi connectivity index (χ4n) is 1.92. The van der Waals surface area contributed by atoms with Crippen LogP contribution in [-0.2, 0) is 0 Å². The van der Waals surface area contributed by atoms with Crippen molar-refractivity contribution in [3.05, 3.63) is 64.1 Å². The maximum absolute atomic E-state index is 12.2. The van der Waals surface area contributed by atoms with Gasteiger partial charge in [0.05, 0.1) is 6.54 Å². The predicted molar refractivity (Wildman–Crippen MR) is 87.5 cm³/mol. The first-order chi connectivity index (χ1) is 9.56. The monoisotopic (exact) mass is 331 g/mol. The molecule has 0 radical (unpaired) electrons. The Morgan fingerprint density at radius 3 is 2.50 bits per heavy atom. The van der Waals surface area contributed by atoms with Gasteiger partial charge in [-0.2, -0.15) is 0 Å². The van der Waals surface area contributed by atoms with Crippen molar-refractivity contribution in [2.45, 2.75) is 19.8 Å². The molecule has 0 saturated carbocycles. The minimum atomic E-state index is 0.107. The first-order valence-corrected chi connectivity index (χ1v) is 7.48. The molecule has 20 heavy (non-hydrogen) atoms. The van der Waals surface area contributed by atoms with Crippen molar-refractivity contribution in [1.29, 1.82) is 0 Å². The van der Waals surface area contributed by atoms with Gasteiger partial charge in [-0.3, -0.25) is 4.79 Å². The minimum absolute atomic E-state index is 0.107. The number of rotatable bonds is 5. The molecule has 0 aromatic heterocycles. The molecule has 0 saturated heterocycles. The summed E-state index contributed by atoms with van der Waals surface area (Å²) in [7, 11) is 0. The second kappa shape index (κ2) is 6.71. The lowest BCUT2D eigenvalue weighted by Crippen LogP contribution is -2.14. The molecule has 2 aromatic rings. The second-order valence-corrected chi connectivity index (χ2v) is 5.98. The van der Waals surface area contributed by atoms with E-state index in [-0.39, 0.29) is 5.78 Å². The molecule has 0 aliphatic rings. The van der Waals surface area contributed by atoms with Crippen LogP contribution in [0.3, 0.4) is 0 Å². The first-order valence-electron chi connectivity index (χ1n) is 6.69. The maximum Gasteiger partial charge on any atom is 0.181 e. The van der Waals surface area contributed by atoms with E-state index in [9.17, 15) is 4.79 Å². The lowest BCUT2D eigenvalue weighted by molar-refractivity contribution is 0.101. The molecule has 2 nitrogen and oxygen atoms in total. The van der Waals surface area contributed by atoms with Crippen LogP contribution < -0.4 is 5.32 Å². The van der Waals surface area contributed by atoms with Crippen LogP contribution in [0.15, 0.2) is 53.0 Å². The number of carbonyl (C=O) groups excluding carboxylic acids is 1. The van der Waals surface area contributed by atoms with Crippen molar-refractivity contribution < 1.29 is 4.79 Å². The first kappa shape index (κ1) is 14.8. The van der Waals surface area contributed by atoms with Gasteiger partial charge in [-0.15, -0.1) is 0 Å². The Bertz CT molecular complexity index is 590. The van der Waals surface area contributed by atoms with Crippen LogP contribution >= 0.6 is 15.9 Å². The van der Waals surface area contributed by atoms with Gasteiger partial charge in [0.2, 0.25) is 0 Å². The average Bonchev–Trinajstić information content (AvgIpc) is 2.46. The van der Waals surface area contributed by atoms with E-state index in [0.717, 1.165) is 15.7 Å². The summed E-state index contributed by atoms with van der Waals surface area (Å²) in [6.45, 7) is 4.57. The highest BCUT2D eigenvalue weighted by Gasteiger charge is 2.07. The molecule has 0 aliphatic carbocycles. The largest absolute Gasteiger partial charge is 0.378 e. The molecule has 0 aliphatic heterocycles. The van der Waals surface area contributed by atoms with Crippen LogP contribution in [0.5, 0.6) is 0 Å². The summed E-state index contributed by atoms with van der Waals surface area (Å²) in [6.07, 6.45) is 0. The lowest BCUT2D eigenvalue weighted by atomic mass is 9.99. The summed E-state index contributed by atoms with van der Waals surface area (Å²) in [5.74, 6) is 0.539. The predicted octanol–water partition coefficient (Wildman–Crippen LogP) is 4.87. The molecular weight excluding hydrogens is 314 g/mol. The Morgan fingerprint density at radius 2 is 1.85 bits per heavy atom. The van der Waals surface area contributed by atoms with Crippen LogP contribution in [0.2, 0.25) is 0 Å². The third-order valence-electron chi connectivity index (χ3n) is 3.17. The van der Waals surface area contributed by atoms with E-state index in [4.69, 9.17) is 0 Å². The van der Waals surface area contributed by atoms with Crippen molar-refractivity contribution in [2.75, 3.05) is 11.9 Å². The summed E-state index contributed by atoms with van der Waals surface area (Å²) in [5, 5.41) is 3.15. The number of halogens is 1. The van der Waals surface area contributed by atoms with Crippen molar-refractivity contribution in [3.8, 4) is 0 Å². The Balaban J connectivity index is 2.01. The van der Waals surface area contributed by atoms with Crippen LogP contribution in [0.25, 0.3) is 0 Å². The van der Waals surface area contributed by atoms with Gasteiger partial charge in [-0.1, -0.05) is 48.0 Å². The van der Waals surface area contributed by atoms with Gasteiger partial charge in [-0.05, 0) is 41.8 Å². The standard InChI is InChI=1S/C17H18BrNO/c1-12(2)13-4-3-5-14(10-13)17(20)11-19-16-8-6-15(18)7-9-16/h3-10,12,19H,11H2,1-2H3. The van der Waals surface area contributed by atoms with Gasteiger partial charge in [0, 0.05) is 15.7 Å². The zero-order chi connectivity index (χ0) is 14.5. The number of nitrogens with one attached hydrogen (secondary N) is 1. The highest BCUT2D eigenvalue weighted by Crippen LogP contribution is 2.17. The van der Waals surface area contributed by atoms with E-state index in [1.807, 2.05) is 42.5 Å². The highest BCUT2D eigenvalue weighted by atomic mass is 79.9. The molecule has 2 rings (SSSR count). The molecule has 0 spiro atoms. The normalized spacial score (nSPS) is 10.6. The maximum atomic E-state index is 12.2. The fourth-order valence-corrected chi connectivity index (χ4v) is 2.19. The third-order valence-corrected chi connectivity index (χ3v) is 3.70. The number of ketones is 1.